The van der Waals surface area contributed by atoms with Gasteiger partial charge < -0.3 is 10.5 Å². The van der Waals surface area contributed by atoms with Gasteiger partial charge >= 0.3 is 0 Å². The van der Waals surface area contributed by atoms with E-state index in [0.29, 0.717) is 6.61 Å². The molecule has 1 aromatic carbocycles. The van der Waals surface area contributed by atoms with Gasteiger partial charge in [-0.05, 0) is 31.5 Å². The van der Waals surface area contributed by atoms with Crippen LogP contribution in [0.5, 0.6) is 0 Å². The number of anilines is 1. The van der Waals surface area contributed by atoms with Crippen molar-refractivity contribution in [1.82, 2.24) is 9.97 Å². The van der Waals surface area contributed by atoms with Gasteiger partial charge in [-0.25, -0.2) is 9.97 Å². The molecule has 0 aliphatic heterocycles. The Hall–Kier alpha value is -2.46. The molecular weight excluding hydrogens is 310 g/mol. The Kier molecular flexibility index (Phi) is 4.73. The molecule has 0 saturated carbocycles. The summed E-state index contributed by atoms with van der Waals surface area (Å²) >= 11 is 0. The predicted molar refractivity (Wildman–Crippen MR) is 102 cm³/mol. The summed E-state index contributed by atoms with van der Waals surface area (Å²) in [5.41, 5.74) is 10.9. The summed E-state index contributed by atoms with van der Waals surface area (Å²) in [6.07, 6.45) is 8.10. The number of nitrogen functional groups attached to an aromatic ring is 1. The summed E-state index contributed by atoms with van der Waals surface area (Å²) in [6, 6.07) is 7.85. The lowest BCUT2D eigenvalue weighted by Gasteiger charge is -2.33. The summed E-state index contributed by atoms with van der Waals surface area (Å²) in [5, 5.41) is 0. The lowest BCUT2D eigenvalue weighted by Crippen LogP contribution is -2.31. The maximum atomic E-state index is 6.20. The highest BCUT2D eigenvalue weighted by atomic mass is 16.5. The van der Waals surface area contributed by atoms with E-state index in [2.05, 4.69) is 49.0 Å². The van der Waals surface area contributed by atoms with Gasteiger partial charge in [-0.1, -0.05) is 44.2 Å². The van der Waals surface area contributed by atoms with Crippen molar-refractivity contribution in [3.05, 3.63) is 71.3 Å². The topological polar surface area (TPSA) is 61.0 Å². The van der Waals surface area contributed by atoms with Crippen LogP contribution in [0, 0.1) is 19.3 Å². The number of ether oxygens (including phenoxy) is 1. The van der Waals surface area contributed by atoms with Crippen molar-refractivity contribution < 1.29 is 4.74 Å². The molecule has 1 unspecified atom stereocenters. The summed E-state index contributed by atoms with van der Waals surface area (Å²) in [5.74, 6) is 0.755. The fourth-order valence-electron chi connectivity index (χ4n) is 3.06. The SMILES string of the molecule is Cc1ccnc(C2=CC(C)(C)C(OCc3c(C)cccc3N)C=C2)n1. The number of nitrogens with two attached hydrogens (primary N) is 1. The minimum Gasteiger partial charge on any atom is -0.398 e. The zero-order valence-electron chi connectivity index (χ0n) is 15.3. The number of hydrogen-bond donors (Lipinski definition) is 1. The molecule has 2 aromatic rings. The van der Waals surface area contributed by atoms with Crippen LogP contribution in [-0.4, -0.2) is 16.1 Å². The number of rotatable bonds is 4. The van der Waals surface area contributed by atoms with Crippen molar-refractivity contribution in [2.75, 3.05) is 5.73 Å². The van der Waals surface area contributed by atoms with Crippen molar-refractivity contribution in [2.24, 2.45) is 5.41 Å². The minimum absolute atomic E-state index is 0.0277. The highest BCUT2D eigenvalue weighted by Crippen LogP contribution is 2.35. The van der Waals surface area contributed by atoms with E-state index in [0.717, 1.165) is 33.9 Å². The number of benzene rings is 1. The highest BCUT2D eigenvalue weighted by molar-refractivity contribution is 5.71. The van der Waals surface area contributed by atoms with Gasteiger partial charge in [0.2, 0.25) is 0 Å². The molecule has 1 aliphatic carbocycles. The zero-order chi connectivity index (χ0) is 18.0. The molecule has 1 aliphatic rings. The van der Waals surface area contributed by atoms with Gasteiger partial charge in [0.25, 0.3) is 0 Å². The van der Waals surface area contributed by atoms with Crippen LogP contribution in [-0.2, 0) is 11.3 Å². The van der Waals surface area contributed by atoms with Crippen LogP contribution in [0.3, 0.4) is 0 Å². The first-order chi connectivity index (χ1) is 11.9. The number of aromatic nitrogens is 2. The number of hydrogen-bond acceptors (Lipinski definition) is 4. The average Bonchev–Trinajstić information content (AvgIpc) is 2.55. The molecular formula is C21H25N3O. The van der Waals surface area contributed by atoms with E-state index in [1.165, 1.54) is 0 Å². The van der Waals surface area contributed by atoms with E-state index < -0.39 is 0 Å². The summed E-state index contributed by atoms with van der Waals surface area (Å²) < 4.78 is 6.20. The Morgan fingerprint density at radius 3 is 2.68 bits per heavy atom. The molecule has 0 radical (unpaired) electrons. The molecule has 0 bridgehead atoms. The van der Waals surface area contributed by atoms with Crippen LogP contribution < -0.4 is 5.73 Å². The van der Waals surface area contributed by atoms with Crippen LogP contribution in [0.1, 0.15) is 36.5 Å². The molecule has 25 heavy (non-hydrogen) atoms. The summed E-state index contributed by atoms with van der Waals surface area (Å²) in [6.45, 7) is 8.86. The molecule has 130 valence electrons. The van der Waals surface area contributed by atoms with Gasteiger partial charge in [-0.2, -0.15) is 0 Å². The van der Waals surface area contributed by atoms with E-state index in [1.54, 1.807) is 6.20 Å². The Bertz CT molecular complexity index is 817. The fraction of sp³-hybridized carbons (Fsp3) is 0.333. The third-order valence-electron chi connectivity index (χ3n) is 4.62. The number of nitrogens with zero attached hydrogens (tertiary/aromatic N) is 2. The Morgan fingerprint density at radius 1 is 1.20 bits per heavy atom. The van der Waals surface area contributed by atoms with Crippen molar-refractivity contribution >= 4 is 11.3 Å². The van der Waals surface area contributed by atoms with E-state index >= 15 is 0 Å². The number of allylic oxidation sites excluding steroid dienone is 2. The average molecular weight is 335 g/mol. The van der Waals surface area contributed by atoms with Crippen LogP contribution in [0.4, 0.5) is 5.69 Å². The number of aryl methyl sites for hydroxylation is 2. The summed E-state index contributed by atoms with van der Waals surface area (Å²) in [4.78, 5) is 8.90. The highest BCUT2D eigenvalue weighted by Gasteiger charge is 2.30. The molecule has 3 rings (SSSR count). The Morgan fingerprint density at radius 2 is 2.00 bits per heavy atom. The molecule has 1 heterocycles. The first-order valence-corrected chi connectivity index (χ1v) is 8.53. The van der Waals surface area contributed by atoms with Gasteiger partial charge in [-0.15, -0.1) is 0 Å². The monoisotopic (exact) mass is 335 g/mol. The molecule has 0 saturated heterocycles. The first kappa shape index (κ1) is 17.4. The normalized spacial score (nSPS) is 18.9. The van der Waals surface area contributed by atoms with E-state index in [4.69, 9.17) is 10.5 Å². The third kappa shape index (κ3) is 3.80. The molecule has 1 aromatic heterocycles. The molecule has 2 N–H and O–H groups in total. The second-order valence-electron chi connectivity index (χ2n) is 7.18. The Labute approximate surface area is 149 Å². The molecule has 0 amide bonds. The second-order valence-corrected chi connectivity index (χ2v) is 7.18. The molecule has 4 nitrogen and oxygen atoms in total. The predicted octanol–water partition coefficient (Wildman–Crippen LogP) is 4.24. The first-order valence-electron chi connectivity index (χ1n) is 8.53. The van der Waals surface area contributed by atoms with E-state index in [9.17, 15) is 0 Å². The lowest BCUT2D eigenvalue weighted by molar-refractivity contribution is 0.0153. The van der Waals surface area contributed by atoms with Gasteiger partial charge in [0.15, 0.2) is 5.82 Å². The van der Waals surface area contributed by atoms with Crippen molar-refractivity contribution in [1.29, 1.82) is 0 Å². The summed E-state index contributed by atoms with van der Waals surface area (Å²) in [7, 11) is 0. The fourth-order valence-corrected chi connectivity index (χ4v) is 3.06. The van der Waals surface area contributed by atoms with Crippen LogP contribution in [0.15, 0.2) is 48.7 Å². The van der Waals surface area contributed by atoms with Gasteiger partial charge in [-0.3, -0.25) is 0 Å². The Balaban J connectivity index is 1.77. The van der Waals surface area contributed by atoms with Crippen LogP contribution >= 0.6 is 0 Å². The molecule has 0 spiro atoms. The molecule has 0 fully saturated rings. The standard InChI is InChI=1S/C21H25N3O/c1-14-6-5-7-18(22)17(14)13-25-19-9-8-16(12-21(19,3)4)20-23-11-10-15(2)24-20/h5-12,19H,13,22H2,1-4H3. The zero-order valence-corrected chi connectivity index (χ0v) is 15.3. The smallest absolute Gasteiger partial charge is 0.159 e. The van der Waals surface area contributed by atoms with Gasteiger partial charge in [0.1, 0.15) is 0 Å². The van der Waals surface area contributed by atoms with E-state index in [1.807, 2.05) is 31.2 Å². The van der Waals surface area contributed by atoms with Crippen molar-refractivity contribution in [3.63, 3.8) is 0 Å². The lowest BCUT2D eigenvalue weighted by atomic mass is 9.80. The third-order valence-corrected chi connectivity index (χ3v) is 4.62. The van der Waals surface area contributed by atoms with Gasteiger partial charge in [0.05, 0.1) is 12.7 Å². The minimum atomic E-state index is -0.158. The second kappa shape index (κ2) is 6.81. The van der Waals surface area contributed by atoms with Gasteiger partial charge in [0, 0.05) is 34.1 Å². The van der Waals surface area contributed by atoms with Crippen molar-refractivity contribution in [2.45, 2.75) is 40.4 Å². The van der Waals surface area contributed by atoms with Crippen LogP contribution in [0.25, 0.3) is 5.57 Å². The van der Waals surface area contributed by atoms with Crippen molar-refractivity contribution in [3.8, 4) is 0 Å². The van der Waals surface area contributed by atoms with E-state index in [-0.39, 0.29) is 11.5 Å². The largest absolute Gasteiger partial charge is 0.398 e. The molecule has 4 heteroatoms. The quantitative estimate of drug-likeness (QED) is 0.849. The molecule has 1 atom stereocenters. The maximum Gasteiger partial charge on any atom is 0.159 e. The van der Waals surface area contributed by atoms with Crippen LogP contribution in [0.2, 0.25) is 0 Å². The maximum absolute atomic E-state index is 6.20.